The van der Waals surface area contributed by atoms with Crippen molar-refractivity contribution in [2.24, 2.45) is 0 Å². The van der Waals surface area contributed by atoms with Gasteiger partial charge >= 0.3 is 5.97 Å². The molecule has 0 radical (unpaired) electrons. The van der Waals surface area contributed by atoms with E-state index in [0.29, 0.717) is 4.47 Å². The third-order valence-electron chi connectivity index (χ3n) is 2.35. The molecule has 0 N–H and O–H groups in total. The lowest BCUT2D eigenvalue weighted by Gasteiger charge is -2.12. The van der Waals surface area contributed by atoms with Crippen molar-refractivity contribution in [3.05, 3.63) is 28.7 Å². The van der Waals surface area contributed by atoms with Crippen molar-refractivity contribution < 1.29 is 17.9 Å². The number of ether oxygens (including phenoxy) is 1. The van der Waals surface area contributed by atoms with E-state index in [-0.39, 0.29) is 11.3 Å². The molecular formula is C11H13BrO4S. The Morgan fingerprint density at radius 1 is 1.41 bits per heavy atom. The molecule has 0 aromatic heterocycles. The molecule has 0 spiro atoms. The Hall–Kier alpha value is -0.880. The minimum absolute atomic E-state index is 0.153. The highest BCUT2D eigenvalue weighted by Gasteiger charge is 2.27. The van der Waals surface area contributed by atoms with Gasteiger partial charge in [0.1, 0.15) is 0 Å². The molecule has 0 aliphatic carbocycles. The quantitative estimate of drug-likeness (QED) is 0.798. The fourth-order valence-electron chi connectivity index (χ4n) is 1.32. The number of carbonyl (C=O) groups excluding carboxylic acids is 1. The molecule has 1 unspecified atom stereocenters. The standard InChI is InChI=1S/C11H13BrO4S/c1-8(7-11(13)16-2)17(14,15)10-6-4-3-5-9(10)12/h3-6,8H,7H2,1-2H3. The van der Waals surface area contributed by atoms with Gasteiger partial charge in [0.25, 0.3) is 0 Å². The molecule has 0 fully saturated rings. The molecule has 1 aromatic rings. The van der Waals surface area contributed by atoms with Crippen molar-refractivity contribution in [3.8, 4) is 0 Å². The monoisotopic (exact) mass is 320 g/mol. The molecule has 1 rings (SSSR count). The van der Waals surface area contributed by atoms with Gasteiger partial charge in [-0.2, -0.15) is 0 Å². The second-order valence-electron chi connectivity index (χ2n) is 3.57. The highest BCUT2D eigenvalue weighted by atomic mass is 79.9. The molecule has 0 saturated heterocycles. The van der Waals surface area contributed by atoms with Gasteiger partial charge in [0.2, 0.25) is 0 Å². The van der Waals surface area contributed by atoms with Crippen molar-refractivity contribution >= 4 is 31.7 Å². The number of hydrogen-bond acceptors (Lipinski definition) is 4. The Balaban J connectivity index is 3.04. The molecule has 0 saturated carbocycles. The van der Waals surface area contributed by atoms with Crippen LogP contribution in [0.3, 0.4) is 0 Å². The van der Waals surface area contributed by atoms with Gasteiger partial charge in [-0.1, -0.05) is 12.1 Å². The van der Waals surface area contributed by atoms with Gasteiger partial charge in [0, 0.05) is 4.47 Å². The van der Waals surface area contributed by atoms with Crippen molar-refractivity contribution in [3.63, 3.8) is 0 Å². The number of methoxy groups -OCH3 is 1. The van der Waals surface area contributed by atoms with E-state index >= 15 is 0 Å². The number of rotatable bonds is 4. The molecule has 0 bridgehead atoms. The summed E-state index contributed by atoms with van der Waals surface area (Å²) < 4.78 is 29.3. The van der Waals surface area contributed by atoms with Crippen molar-refractivity contribution in [2.75, 3.05) is 7.11 Å². The predicted molar refractivity (Wildman–Crippen MR) is 67.4 cm³/mol. The van der Waals surface area contributed by atoms with E-state index in [1.165, 1.54) is 20.1 Å². The normalized spacial score (nSPS) is 13.1. The molecule has 1 atom stereocenters. The summed E-state index contributed by atoms with van der Waals surface area (Å²) in [4.78, 5) is 11.3. The molecule has 0 heterocycles. The SMILES string of the molecule is COC(=O)CC(C)S(=O)(=O)c1ccccc1Br. The van der Waals surface area contributed by atoms with Crippen LogP contribution in [0, 0.1) is 0 Å². The number of benzene rings is 1. The van der Waals surface area contributed by atoms with Crippen molar-refractivity contribution in [1.82, 2.24) is 0 Å². The van der Waals surface area contributed by atoms with Crippen LogP contribution in [0.25, 0.3) is 0 Å². The molecule has 6 heteroatoms. The maximum atomic E-state index is 12.2. The lowest BCUT2D eigenvalue weighted by atomic mass is 10.3. The van der Waals surface area contributed by atoms with Crippen LogP contribution in [0.2, 0.25) is 0 Å². The van der Waals surface area contributed by atoms with Gasteiger partial charge in [0.15, 0.2) is 9.84 Å². The second-order valence-corrected chi connectivity index (χ2v) is 6.76. The van der Waals surface area contributed by atoms with E-state index in [4.69, 9.17) is 0 Å². The number of carbonyl (C=O) groups is 1. The number of esters is 1. The predicted octanol–water partition coefficient (Wildman–Crippen LogP) is 2.17. The van der Waals surface area contributed by atoms with Crippen molar-refractivity contribution in [1.29, 1.82) is 0 Å². The average Bonchev–Trinajstić information content (AvgIpc) is 2.29. The summed E-state index contributed by atoms with van der Waals surface area (Å²) in [7, 11) is -2.29. The molecule has 0 aliphatic rings. The first-order valence-corrected chi connectivity index (χ1v) is 7.28. The summed E-state index contributed by atoms with van der Waals surface area (Å²) >= 11 is 3.19. The zero-order valence-corrected chi connectivity index (χ0v) is 11.9. The van der Waals surface area contributed by atoms with Gasteiger partial charge in [-0.25, -0.2) is 8.42 Å². The molecule has 17 heavy (non-hydrogen) atoms. The third-order valence-corrected chi connectivity index (χ3v) is 5.50. The summed E-state index contributed by atoms with van der Waals surface area (Å²) in [5.74, 6) is -0.534. The summed E-state index contributed by atoms with van der Waals surface area (Å²) in [6.45, 7) is 1.49. The first kappa shape index (κ1) is 14.2. The van der Waals surface area contributed by atoms with Crippen LogP contribution in [0.4, 0.5) is 0 Å². The Morgan fingerprint density at radius 2 is 2.00 bits per heavy atom. The highest BCUT2D eigenvalue weighted by molar-refractivity contribution is 9.10. The van der Waals surface area contributed by atoms with E-state index < -0.39 is 21.1 Å². The van der Waals surface area contributed by atoms with Gasteiger partial charge in [-0.15, -0.1) is 0 Å². The summed E-state index contributed by atoms with van der Waals surface area (Å²) in [6, 6.07) is 6.53. The van der Waals surface area contributed by atoms with Crippen LogP contribution in [0.15, 0.2) is 33.6 Å². The molecule has 0 amide bonds. The van der Waals surface area contributed by atoms with Crippen LogP contribution < -0.4 is 0 Å². The molecule has 4 nitrogen and oxygen atoms in total. The topological polar surface area (TPSA) is 60.4 Å². The number of halogens is 1. The largest absolute Gasteiger partial charge is 0.469 e. The summed E-state index contributed by atoms with van der Waals surface area (Å²) in [5.41, 5.74) is 0. The maximum absolute atomic E-state index is 12.2. The lowest BCUT2D eigenvalue weighted by molar-refractivity contribution is -0.140. The zero-order chi connectivity index (χ0) is 13.1. The Bertz CT molecular complexity index is 510. The zero-order valence-electron chi connectivity index (χ0n) is 9.51. The Labute approximate surface area is 109 Å². The van der Waals surface area contributed by atoms with Crippen LogP contribution >= 0.6 is 15.9 Å². The smallest absolute Gasteiger partial charge is 0.306 e. The van der Waals surface area contributed by atoms with Gasteiger partial charge in [-0.05, 0) is 35.0 Å². The molecule has 1 aromatic carbocycles. The number of sulfone groups is 1. The lowest BCUT2D eigenvalue weighted by Crippen LogP contribution is -2.22. The van der Waals surface area contributed by atoms with Crippen LogP contribution in [0.5, 0.6) is 0 Å². The molecular weight excluding hydrogens is 308 g/mol. The minimum Gasteiger partial charge on any atom is -0.469 e. The maximum Gasteiger partial charge on any atom is 0.306 e. The average molecular weight is 321 g/mol. The molecule has 0 aliphatic heterocycles. The van der Waals surface area contributed by atoms with Gasteiger partial charge in [0.05, 0.1) is 23.7 Å². The minimum atomic E-state index is -3.52. The summed E-state index contributed by atoms with van der Waals surface area (Å²) in [5, 5.41) is -0.811. The fraction of sp³-hybridized carbons (Fsp3) is 0.364. The second kappa shape index (κ2) is 5.64. The van der Waals surface area contributed by atoms with E-state index in [0.717, 1.165) is 0 Å². The summed E-state index contributed by atoms with van der Waals surface area (Å²) in [6.07, 6.45) is -0.153. The van der Waals surface area contributed by atoms with Crippen LogP contribution in [0.1, 0.15) is 13.3 Å². The van der Waals surface area contributed by atoms with E-state index in [2.05, 4.69) is 20.7 Å². The number of hydrogen-bond donors (Lipinski definition) is 0. The van der Waals surface area contributed by atoms with Gasteiger partial charge < -0.3 is 4.74 Å². The van der Waals surface area contributed by atoms with E-state index in [1.807, 2.05) is 0 Å². The highest BCUT2D eigenvalue weighted by Crippen LogP contribution is 2.26. The van der Waals surface area contributed by atoms with Crippen LogP contribution in [-0.2, 0) is 19.4 Å². The van der Waals surface area contributed by atoms with E-state index in [9.17, 15) is 13.2 Å². The van der Waals surface area contributed by atoms with Crippen LogP contribution in [-0.4, -0.2) is 26.7 Å². The molecule has 94 valence electrons. The first-order chi connectivity index (χ1) is 7.89. The van der Waals surface area contributed by atoms with Gasteiger partial charge in [-0.3, -0.25) is 4.79 Å². The fourth-order valence-corrected chi connectivity index (χ4v) is 3.68. The first-order valence-electron chi connectivity index (χ1n) is 4.95. The van der Waals surface area contributed by atoms with E-state index in [1.54, 1.807) is 18.2 Å². The Morgan fingerprint density at radius 3 is 2.53 bits per heavy atom. The van der Waals surface area contributed by atoms with Crippen molar-refractivity contribution in [2.45, 2.75) is 23.5 Å². The Kier molecular flexibility index (Phi) is 4.70. The third kappa shape index (κ3) is 3.29.